The third-order valence-corrected chi connectivity index (χ3v) is 3.64. The van der Waals surface area contributed by atoms with E-state index < -0.39 is 0 Å². The highest BCUT2D eigenvalue weighted by molar-refractivity contribution is 9.10. The van der Waals surface area contributed by atoms with E-state index in [-0.39, 0.29) is 5.75 Å². The molecule has 0 amide bonds. The molecule has 0 radical (unpaired) electrons. The topological polar surface area (TPSA) is 97.5 Å². The second-order valence-corrected chi connectivity index (χ2v) is 5.54. The zero-order valence-corrected chi connectivity index (χ0v) is 14.2. The average molecular weight is 389 g/mol. The van der Waals surface area contributed by atoms with Crippen LogP contribution >= 0.6 is 15.9 Å². The van der Waals surface area contributed by atoms with Crippen LogP contribution in [0.1, 0.15) is 5.56 Å². The molecule has 3 aromatic rings. The van der Waals surface area contributed by atoms with Crippen LogP contribution in [-0.2, 0) is 0 Å². The van der Waals surface area contributed by atoms with E-state index >= 15 is 0 Å². The molecule has 0 aliphatic carbocycles. The molecule has 0 fully saturated rings. The van der Waals surface area contributed by atoms with Gasteiger partial charge >= 0.3 is 0 Å². The van der Waals surface area contributed by atoms with Crippen LogP contribution in [-0.4, -0.2) is 38.7 Å². The number of phenolic OH excluding ortho intramolecular Hbond substituents is 1. The van der Waals surface area contributed by atoms with E-state index in [1.807, 2.05) is 30.3 Å². The van der Waals surface area contributed by atoms with Gasteiger partial charge in [-0.15, -0.1) is 0 Å². The number of ether oxygens (including phenoxy) is 1. The maximum absolute atomic E-state index is 9.90. The van der Waals surface area contributed by atoms with Crippen molar-refractivity contribution < 1.29 is 9.84 Å². The predicted octanol–water partition coefficient (Wildman–Crippen LogP) is 2.78. The van der Waals surface area contributed by atoms with Gasteiger partial charge in [0.05, 0.1) is 17.8 Å². The molecule has 0 aliphatic rings. The molecular weight excluding hydrogens is 376 g/mol. The lowest BCUT2D eigenvalue weighted by Crippen LogP contribution is -2.01. The molecule has 24 heavy (non-hydrogen) atoms. The van der Waals surface area contributed by atoms with Crippen molar-refractivity contribution in [1.29, 1.82) is 0 Å². The number of aromatic nitrogens is 4. The Morgan fingerprint density at radius 1 is 1.29 bits per heavy atom. The summed E-state index contributed by atoms with van der Waals surface area (Å²) in [6.45, 7) is 0. The molecule has 8 nitrogen and oxygen atoms in total. The molecule has 0 saturated carbocycles. The van der Waals surface area contributed by atoms with E-state index in [0.717, 1.165) is 5.69 Å². The van der Waals surface area contributed by atoms with E-state index in [1.165, 1.54) is 24.2 Å². The van der Waals surface area contributed by atoms with Gasteiger partial charge in [0.1, 0.15) is 0 Å². The van der Waals surface area contributed by atoms with Gasteiger partial charge in [0.2, 0.25) is 0 Å². The largest absolute Gasteiger partial charge is 0.504 e. The Morgan fingerprint density at radius 3 is 2.79 bits per heavy atom. The van der Waals surface area contributed by atoms with Crippen molar-refractivity contribution in [2.24, 2.45) is 5.10 Å². The van der Waals surface area contributed by atoms with Gasteiger partial charge in [-0.05, 0) is 56.2 Å². The quantitative estimate of drug-likeness (QED) is 0.652. The van der Waals surface area contributed by atoms with Gasteiger partial charge in [-0.2, -0.15) is 5.10 Å². The van der Waals surface area contributed by atoms with Crippen molar-refractivity contribution in [2.75, 3.05) is 12.4 Å². The van der Waals surface area contributed by atoms with Gasteiger partial charge in [-0.3, -0.25) is 0 Å². The Kier molecular flexibility index (Phi) is 4.71. The zero-order chi connectivity index (χ0) is 16.9. The Balaban J connectivity index is 1.82. The van der Waals surface area contributed by atoms with E-state index in [2.05, 4.69) is 41.9 Å². The van der Waals surface area contributed by atoms with Crippen LogP contribution in [0.5, 0.6) is 11.5 Å². The summed E-state index contributed by atoms with van der Waals surface area (Å²) in [5.41, 5.74) is 1.50. The first-order chi connectivity index (χ1) is 11.7. The van der Waals surface area contributed by atoms with Crippen molar-refractivity contribution in [3.8, 4) is 11.5 Å². The molecule has 0 unspecified atom stereocenters. The first kappa shape index (κ1) is 15.9. The number of benzene rings is 2. The van der Waals surface area contributed by atoms with Gasteiger partial charge in [-0.25, -0.2) is 0 Å². The molecule has 9 heteroatoms. The lowest BCUT2D eigenvalue weighted by atomic mass is 10.2. The highest BCUT2D eigenvalue weighted by Crippen LogP contribution is 2.34. The second kappa shape index (κ2) is 7.09. The number of aromatic hydroxyl groups is 1. The number of halogens is 1. The second-order valence-electron chi connectivity index (χ2n) is 4.68. The number of rotatable bonds is 5. The Morgan fingerprint density at radius 2 is 2.08 bits per heavy atom. The van der Waals surface area contributed by atoms with Crippen molar-refractivity contribution >= 4 is 33.8 Å². The van der Waals surface area contributed by atoms with Crippen LogP contribution in [0.15, 0.2) is 52.0 Å². The van der Waals surface area contributed by atoms with Gasteiger partial charge in [0.15, 0.2) is 11.5 Å². The minimum absolute atomic E-state index is 0.00711. The maximum atomic E-state index is 9.90. The van der Waals surface area contributed by atoms with Crippen LogP contribution in [0.25, 0.3) is 0 Å². The van der Waals surface area contributed by atoms with Crippen molar-refractivity contribution in [1.82, 2.24) is 20.3 Å². The molecule has 0 atom stereocenters. The molecule has 2 N–H and O–H groups in total. The number of hydrogen-bond acceptors (Lipinski definition) is 7. The molecule has 0 bridgehead atoms. The van der Waals surface area contributed by atoms with Crippen LogP contribution in [0.4, 0.5) is 11.6 Å². The molecule has 0 saturated heterocycles. The number of para-hydroxylation sites is 1. The van der Waals surface area contributed by atoms with E-state index in [1.54, 1.807) is 6.07 Å². The van der Waals surface area contributed by atoms with Crippen molar-refractivity contribution in [3.63, 3.8) is 0 Å². The maximum Gasteiger partial charge on any atom is 0.269 e. The SMILES string of the molecule is COc1c(O)cc(C=Nn2nnnc2Nc2ccccc2)cc1Br. The molecule has 1 aromatic heterocycles. The predicted molar refractivity (Wildman–Crippen MR) is 92.9 cm³/mol. The number of nitrogens with zero attached hydrogens (tertiary/aromatic N) is 5. The highest BCUT2D eigenvalue weighted by atomic mass is 79.9. The lowest BCUT2D eigenvalue weighted by Gasteiger charge is -2.06. The summed E-state index contributed by atoms with van der Waals surface area (Å²) in [7, 11) is 1.48. The van der Waals surface area contributed by atoms with Crippen molar-refractivity contribution in [3.05, 3.63) is 52.5 Å². The van der Waals surface area contributed by atoms with Crippen LogP contribution < -0.4 is 10.1 Å². The van der Waals surface area contributed by atoms with Gasteiger partial charge in [-0.1, -0.05) is 28.1 Å². The Hall–Kier alpha value is -2.94. The van der Waals surface area contributed by atoms with E-state index in [0.29, 0.717) is 21.7 Å². The molecule has 122 valence electrons. The van der Waals surface area contributed by atoms with Gasteiger partial charge < -0.3 is 15.2 Å². The lowest BCUT2D eigenvalue weighted by molar-refractivity contribution is 0.371. The summed E-state index contributed by atoms with van der Waals surface area (Å²) in [5.74, 6) is 0.739. The molecule has 3 rings (SSSR count). The first-order valence-electron chi connectivity index (χ1n) is 6.88. The van der Waals surface area contributed by atoms with E-state index in [9.17, 15) is 5.11 Å². The van der Waals surface area contributed by atoms with Crippen LogP contribution in [0.3, 0.4) is 0 Å². The molecule has 1 heterocycles. The average Bonchev–Trinajstić information content (AvgIpc) is 3.01. The minimum atomic E-state index is 0.00711. The fourth-order valence-electron chi connectivity index (χ4n) is 1.98. The smallest absolute Gasteiger partial charge is 0.269 e. The molecule has 2 aromatic carbocycles. The summed E-state index contributed by atoms with van der Waals surface area (Å²) in [4.78, 5) is 1.25. The number of tetrazole rings is 1. The summed E-state index contributed by atoms with van der Waals surface area (Å²) in [6.07, 6.45) is 1.52. The zero-order valence-electron chi connectivity index (χ0n) is 12.6. The third kappa shape index (κ3) is 3.51. The summed E-state index contributed by atoms with van der Waals surface area (Å²) in [5, 5.41) is 28.4. The number of phenols is 1. The third-order valence-electron chi connectivity index (χ3n) is 3.05. The number of methoxy groups -OCH3 is 1. The van der Waals surface area contributed by atoms with Gasteiger partial charge in [0, 0.05) is 5.69 Å². The Labute approximate surface area is 145 Å². The highest BCUT2D eigenvalue weighted by Gasteiger charge is 2.09. The van der Waals surface area contributed by atoms with Gasteiger partial charge in [0.25, 0.3) is 5.95 Å². The normalized spacial score (nSPS) is 10.9. The van der Waals surface area contributed by atoms with E-state index in [4.69, 9.17) is 4.74 Å². The first-order valence-corrected chi connectivity index (χ1v) is 7.68. The van der Waals surface area contributed by atoms with Crippen molar-refractivity contribution in [2.45, 2.75) is 0 Å². The minimum Gasteiger partial charge on any atom is -0.504 e. The number of hydrogen-bond donors (Lipinski definition) is 2. The monoisotopic (exact) mass is 388 g/mol. The summed E-state index contributed by atoms with van der Waals surface area (Å²) >= 11 is 3.33. The number of anilines is 2. The van der Waals surface area contributed by atoms with Crippen LogP contribution in [0.2, 0.25) is 0 Å². The standard InChI is InChI=1S/C15H13BrN6O2/c1-24-14-12(16)7-10(8-13(14)23)9-17-22-15(19-20-21-22)18-11-5-3-2-4-6-11/h2-9,23H,1H3,(H,18,19,21). The summed E-state index contributed by atoms with van der Waals surface area (Å²) in [6, 6.07) is 12.8. The number of nitrogens with one attached hydrogen (secondary N) is 1. The summed E-state index contributed by atoms with van der Waals surface area (Å²) < 4.78 is 5.69. The molecule has 0 aliphatic heterocycles. The fourth-order valence-corrected chi connectivity index (χ4v) is 2.61. The molecular formula is C15H13BrN6O2. The Bertz CT molecular complexity index is 842. The molecule has 0 spiro atoms. The fraction of sp³-hybridized carbons (Fsp3) is 0.0667. The van der Waals surface area contributed by atoms with Crippen LogP contribution in [0, 0.1) is 0 Å².